The number of Topliss-reactive ketones (excluding diaryl/α,β-unsaturated/α-hetero) is 2. The number of amides is 1. The zero-order chi connectivity index (χ0) is 43.0. The zero-order valence-electron chi connectivity index (χ0n) is 35.3. The molecule has 0 saturated heterocycles. The topological polar surface area (TPSA) is 186 Å². The normalized spacial score (nSPS) is 29.9. The molecule has 0 fully saturated rings. The van der Waals surface area contributed by atoms with E-state index in [1.54, 1.807) is 32.9 Å². The number of carbonyl (C=O) groups is 5. The number of methoxy groups -OCH3 is 1. The van der Waals surface area contributed by atoms with Gasteiger partial charge in [-0.25, -0.2) is 9.59 Å². The lowest BCUT2D eigenvalue weighted by Crippen LogP contribution is -2.41. The maximum absolute atomic E-state index is 13.4. The number of rotatable bonds is 6. The summed E-state index contributed by atoms with van der Waals surface area (Å²) >= 11 is 0. The molecule has 1 aliphatic carbocycles. The summed E-state index contributed by atoms with van der Waals surface area (Å²) < 4.78 is 17.5. The molecule has 9 atom stereocenters. The molecule has 0 saturated carbocycles. The minimum atomic E-state index is -1.02. The van der Waals surface area contributed by atoms with Crippen LogP contribution in [0.25, 0.3) is 0 Å². The van der Waals surface area contributed by atoms with Crippen LogP contribution in [0.3, 0.4) is 0 Å². The van der Waals surface area contributed by atoms with Crippen LogP contribution in [0.2, 0.25) is 0 Å². The van der Waals surface area contributed by atoms with E-state index in [0.717, 1.165) is 23.3 Å². The average molecular weight is 796 g/mol. The van der Waals surface area contributed by atoms with Gasteiger partial charge in [0.05, 0.1) is 18.3 Å². The van der Waals surface area contributed by atoms with Crippen molar-refractivity contribution in [3.05, 3.63) is 82.9 Å². The molecule has 12 nitrogen and oxygen atoms in total. The Hall–Kier alpha value is -4.39. The van der Waals surface area contributed by atoms with Crippen molar-refractivity contribution in [2.45, 2.75) is 131 Å². The van der Waals surface area contributed by atoms with E-state index in [2.05, 4.69) is 5.32 Å². The van der Waals surface area contributed by atoms with E-state index >= 15 is 0 Å². The van der Waals surface area contributed by atoms with Crippen LogP contribution in [0.4, 0.5) is 0 Å². The summed E-state index contributed by atoms with van der Waals surface area (Å²) in [4.78, 5) is 63.8. The van der Waals surface area contributed by atoms with Crippen molar-refractivity contribution in [2.24, 2.45) is 29.6 Å². The Morgan fingerprint density at radius 2 is 1.54 bits per heavy atom. The van der Waals surface area contributed by atoms with Crippen molar-refractivity contribution >= 4 is 29.4 Å². The minimum absolute atomic E-state index is 0.0443. The van der Waals surface area contributed by atoms with Gasteiger partial charge in [0.1, 0.15) is 29.4 Å². The quantitative estimate of drug-likeness (QED) is 0.167. The molecule has 2 aliphatic rings. The standard InChI is InChI=1S/C45H65NO11/c1-26(2)39-24-36(49)30(6)23-31(7)44(53)32(8)37(50)25-40(55-10)33(9)38(56-42(52)22-21-41(51)46-43-34(47)18-19-35(43)48)20-17-28(4)14-11-13-27(3)15-12-16-29(5)45(54)57-39/h11-17,21-22,26,30-33,37-40,44,47,50,53H,18-20,23-25H2,1-10H3,(H,46,51)/b14-11?,15-12?,22-21+,27-13?,28-17?,29-16?/t30-,31+,32-,33+,37+,38+,39-,40-,44-/m1/s1. The summed E-state index contributed by atoms with van der Waals surface area (Å²) in [7, 11) is 1.49. The Labute approximate surface area is 338 Å². The van der Waals surface area contributed by atoms with E-state index in [1.165, 1.54) is 7.11 Å². The summed E-state index contributed by atoms with van der Waals surface area (Å²) in [5.74, 6) is -4.75. The van der Waals surface area contributed by atoms with Crippen LogP contribution in [-0.2, 0) is 38.2 Å². The number of aliphatic hydroxyl groups excluding tert-OH is 3. The molecule has 1 amide bonds. The van der Waals surface area contributed by atoms with E-state index < -0.39 is 71.9 Å². The fourth-order valence-corrected chi connectivity index (χ4v) is 6.68. The van der Waals surface area contributed by atoms with Gasteiger partial charge >= 0.3 is 11.9 Å². The highest BCUT2D eigenvalue weighted by molar-refractivity contribution is 6.04. The molecule has 0 aromatic rings. The van der Waals surface area contributed by atoms with Crippen molar-refractivity contribution in [2.75, 3.05) is 7.11 Å². The molecule has 0 bridgehead atoms. The Morgan fingerprint density at radius 3 is 2.16 bits per heavy atom. The van der Waals surface area contributed by atoms with Crippen LogP contribution < -0.4 is 5.32 Å². The number of carbonyl (C=O) groups excluding carboxylic acids is 5. The van der Waals surface area contributed by atoms with E-state index in [0.29, 0.717) is 12.0 Å². The molecule has 1 heterocycles. The monoisotopic (exact) mass is 795 g/mol. The van der Waals surface area contributed by atoms with Crippen LogP contribution in [-0.4, -0.2) is 82.4 Å². The van der Waals surface area contributed by atoms with Gasteiger partial charge in [0.15, 0.2) is 5.78 Å². The number of ether oxygens (including phenoxy) is 3. The zero-order valence-corrected chi connectivity index (χ0v) is 35.3. The van der Waals surface area contributed by atoms with E-state index in [9.17, 15) is 39.3 Å². The lowest BCUT2D eigenvalue weighted by Gasteiger charge is -2.34. The molecule has 316 valence electrons. The first kappa shape index (κ1) is 48.8. The molecule has 0 radical (unpaired) electrons. The largest absolute Gasteiger partial charge is 0.510 e. The Bertz CT molecular complexity index is 1640. The van der Waals surface area contributed by atoms with Gasteiger partial charge in [-0.15, -0.1) is 0 Å². The summed E-state index contributed by atoms with van der Waals surface area (Å²) in [6.07, 6.45) is 11.7. The van der Waals surface area contributed by atoms with E-state index in [-0.39, 0.29) is 61.2 Å². The number of hydrogen-bond acceptors (Lipinski definition) is 11. The minimum Gasteiger partial charge on any atom is -0.510 e. The van der Waals surface area contributed by atoms with Gasteiger partial charge in [0.25, 0.3) is 0 Å². The second-order valence-corrected chi connectivity index (χ2v) is 16.0. The summed E-state index contributed by atoms with van der Waals surface area (Å²) in [5, 5.41) is 34.9. The maximum Gasteiger partial charge on any atom is 0.334 e. The molecule has 4 N–H and O–H groups in total. The molecular formula is C45H65NO11. The third-order valence-electron chi connectivity index (χ3n) is 10.8. The number of esters is 2. The van der Waals surface area contributed by atoms with Crippen molar-refractivity contribution in [1.82, 2.24) is 5.32 Å². The number of cyclic esters (lactones) is 1. The SMILES string of the molecule is CO[C@@H]1C[C@H](O)[C@@H](C)[C@H](O)[C@@H](C)C[C@@H](C)C(=O)C[C@H](C(C)C)OC(=O)C(C)=CC=CC(C)=CC=CC(C)=CC[C@H](OC(=O)/C=C/C(=O)NC2=C(O)CCC2=O)[C@@H]1C. The van der Waals surface area contributed by atoms with Crippen molar-refractivity contribution < 1.29 is 53.5 Å². The first-order chi connectivity index (χ1) is 26.7. The molecule has 1 aliphatic heterocycles. The summed E-state index contributed by atoms with van der Waals surface area (Å²) in [5.41, 5.74) is 1.98. The van der Waals surface area contributed by atoms with Crippen molar-refractivity contribution in [1.29, 1.82) is 0 Å². The van der Waals surface area contributed by atoms with Crippen LogP contribution in [0.5, 0.6) is 0 Å². The van der Waals surface area contributed by atoms with E-state index in [1.807, 2.05) is 71.9 Å². The smallest absolute Gasteiger partial charge is 0.334 e. The predicted octanol–water partition coefficient (Wildman–Crippen LogP) is 6.65. The second-order valence-electron chi connectivity index (χ2n) is 16.0. The number of nitrogens with one attached hydrogen (secondary N) is 1. The molecular weight excluding hydrogens is 730 g/mol. The summed E-state index contributed by atoms with van der Waals surface area (Å²) in [6.45, 7) is 16.5. The van der Waals surface area contributed by atoms with Crippen LogP contribution in [0, 0.1) is 29.6 Å². The Balaban J connectivity index is 2.43. The van der Waals surface area contributed by atoms with Gasteiger partial charge in [0, 0.05) is 74.7 Å². The number of ketones is 2. The average Bonchev–Trinajstić information content (AvgIpc) is 3.47. The highest BCUT2D eigenvalue weighted by Gasteiger charge is 2.35. The van der Waals surface area contributed by atoms with Gasteiger partial charge in [-0.2, -0.15) is 0 Å². The van der Waals surface area contributed by atoms with Gasteiger partial charge in [-0.3, -0.25) is 14.4 Å². The number of aliphatic hydroxyl groups is 3. The maximum atomic E-state index is 13.4. The highest BCUT2D eigenvalue weighted by atomic mass is 16.5. The Morgan fingerprint density at radius 1 is 0.895 bits per heavy atom. The molecule has 0 aromatic carbocycles. The molecule has 2 rings (SSSR count). The third-order valence-corrected chi connectivity index (χ3v) is 10.8. The van der Waals surface area contributed by atoms with Gasteiger partial charge in [0.2, 0.25) is 5.91 Å². The lowest BCUT2D eigenvalue weighted by molar-refractivity contribution is -0.149. The van der Waals surface area contributed by atoms with Crippen LogP contribution in [0.15, 0.2) is 82.9 Å². The molecule has 0 spiro atoms. The lowest BCUT2D eigenvalue weighted by atomic mass is 9.80. The summed E-state index contributed by atoms with van der Waals surface area (Å²) in [6, 6.07) is 0. The third kappa shape index (κ3) is 16.2. The first-order valence-corrected chi connectivity index (χ1v) is 19.9. The van der Waals surface area contributed by atoms with Gasteiger partial charge in [-0.1, -0.05) is 95.2 Å². The molecule has 0 unspecified atom stereocenters. The predicted molar refractivity (Wildman–Crippen MR) is 218 cm³/mol. The van der Waals surface area contributed by atoms with Gasteiger partial charge < -0.3 is 34.8 Å². The van der Waals surface area contributed by atoms with Crippen LogP contribution in [0.1, 0.15) is 101 Å². The Kier molecular flexibility index (Phi) is 20.3. The molecule has 12 heteroatoms. The fraction of sp³-hybridized carbons (Fsp3) is 0.578. The highest BCUT2D eigenvalue weighted by Crippen LogP contribution is 2.29. The molecule has 0 aromatic heterocycles. The molecule has 57 heavy (non-hydrogen) atoms. The van der Waals surface area contributed by atoms with E-state index in [4.69, 9.17) is 14.2 Å². The number of hydrogen-bond donors (Lipinski definition) is 4. The van der Waals surface area contributed by atoms with Crippen molar-refractivity contribution in [3.8, 4) is 0 Å². The first-order valence-electron chi connectivity index (χ1n) is 19.9. The van der Waals surface area contributed by atoms with Crippen molar-refractivity contribution in [3.63, 3.8) is 0 Å². The van der Waals surface area contributed by atoms with Crippen LogP contribution >= 0.6 is 0 Å². The number of allylic oxidation sites excluding steroid dienone is 10. The second kappa shape index (κ2) is 23.7. The van der Waals surface area contributed by atoms with Gasteiger partial charge in [-0.05, 0) is 39.0 Å². The fourth-order valence-electron chi connectivity index (χ4n) is 6.68.